The van der Waals surface area contributed by atoms with E-state index in [2.05, 4.69) is 0 Å². The highest BCUT2D eigenvalue weighted by Gasteiger charge is 2.25. The van der Waals surface area contributed by atoms with Gasteiger partial charge < -0.3 is 9.84 Å². The lowest BCUT2D eigenvalue weighted by Crippen LogP contribution is -2.14. The van der Waals surface area contributed by atoms with E-state index in [4.69, 9.17) is 27.9 Å². The molecule has 0 aromatic heterocycles. The normalized spacial score (nSPS) is 11.7. The summed E-state index contributed by atoms with van der Waals surface area (Å²) in [5.74, 6) is -0.512. The van der Waals surface area contributed by atoms with E-state index in [-0.39, 0.29) is 33.0 Å². The highest BCUT2D eigenvalue weighted by Crippen LogP contribution is 2.44. The predicted molar refractivity (Wildman–Crippen MR) is 108 cm³/mol. The fourth-order valence-electron chi connectivity index (χ4n) is 2.32. The van der Waals surface area contributed by atoms with Gasteiger partial charge in [0, 0.05) is 4.90 Å². The molecule has 0 heterocycles. The van der Waals surface area contributed by atoms with Crippen LogP contribution in [-0.2, 0) is 0 Å². The largest absolute Gasteiger partial charge is 0.505 e. The molecule has 27 heavy (non-hydrogen) atoms. The molecule has 2 aromatic rings. The van der Waals surface area contributed by atoms with Gasteiger partial charge in [0.1, 0.15) is 39.4 Å². The van der Waals surface area contributed by atoms with Gasteiger partial charge in [0.05, 0.1) is 0 Å². The van der Waals surface area contributed by atoms with Crippen molar-refractivity contribution in [2.75, 3.05) is 0 Å². The van der Waals surface area contributed by atoms with E-state index in [1.807, 2.05) is 54.8 Å². The van der Waals surface area contributed by atoms with Gasteiger partial charge in [-0.05, 0) is 30.0 Å². The fourth-order valence-corrected chi connectivity index (χ4v) is 3.45. The summed E-state index contributed by atoms with van der Waals surface area (Å²) in [4.78, 5) is 1.08. The molecule has 0 spiro atoms. The Morgan fingerprint density at radius 2 is 1.81 bits per heavy atom. The third-order valence-corrected chi connectivity index (χ3v) is 5.28. The summed E-state index contributed by atoms with van der Waals surface area (Å²) in [6.45, 7) is 2.01. The first-order valence-electron chi connectivity index (χ1n) is 8.12. The molecule has 0 aliphatic heterocycles. The topological polar surface area (TPSA) is 77.0 Å². The Labute approximate surface area is 172 Å². The summed E-state index contributed by atoms with van der Waals surface area (Å²) in [5, 5.41) is 30.2. The number of ether oxygens (including phenoxy) is 1. The lowest BCUT2D eigenvalue weighted by Gasteiger charge is -2.19. The van der Waals surface area contributed by atoms with Crippen molar-refractivity contribution >= 4 is 35.0 Å². The minimum absolute atomic E-state index is 0.00586. The summed E-state index contributed by atoms with van der Waals surface area (Å²) < 4.78 is 5.92. The summed E-state index contributed by atoms with van der Waals surface area (Å²) in [6, 6.07) is 13.5. The van der Waals surface area contributed by atoms with Gasteiger partial charge in [-0.15, -0.1) is 0 Å². The van der Waals surface area contributed by atoms with Crippen LogP contribution in [0.4, 0.5) is 0 Å². The SMILES string of the molecule is CCCC(/C=C/Sc1ccccc1)Oc1c(Cl)c(Cl)c(O)c(C#N)c1C#N. The number of thioether (sulfide) groups is 1. The maximum absolute atomic E-state index is 9.96. The molecule has 2 rings (SSSR count). The van der Waals surface area contributed by atoms with Gasteiger partial charge in [-0.3, -0.25) is 0 Å². The third kappa shape index (κ3) is 5.11. The van der Waals surface area contributed by atoms with E-state index in [0.717, 1.165) is 11.3 Å². The zero-order valence-corrected chi connectivity index (χ0v) is 16.8. The summed E-state index contributed by atoms with van der Waals surface area (Å²) in [5.41, 5.74) is -0.380. The number of benzene rings is 2. The molecule has 0 bridgehead atoms. The van der Waals surface area contributed by atoms with Crippen molar-refractivity contribution < 1.29 is 9.84 Å². The second-order valence-electron chi connectivity index (χ2n) is 5.48. The number of rotatable bonds is 7. The fraction of sp³-hybridized carbons (Fsp3) is 0.200. The van der Waals surface area contributed by atoms with E-state index in [1.54, 1.807) is 6.07 Å². The van der Waals surface area contributed by atoms with Crippen LogP contribution >= 0.6 is 35.0 Å². The lowest BCUT2D eigenvalue weighted by atomic mass is 10.1. The highest BCUT2D eigenvalue weighted by molar-refractivity contribution is 8.02. The number of nitriles is 2. The maximum atomic E-state index is 9.96. The second kappa shape index (κ2) is 10.1. The van der Waals surface area contributed by atoms with Crippen molar-refractivity contribution in [2.24, 2.45) is 0 Å². The van der Waals surface area contributed by atoms with Crippen LogP contribution in [0.5, 0.6) is 11.5 Å². The molecule has 1 N–H and O–H groups in total. The van der Waals surface area contributed by atoms with Gasteiger partial charge in [0.2, 0.25) is 0 Å². The van der Waals surface area contributed by atoms with Crippen molar-refractivity contribution in [1.29, 1.82) is 10.5 Å². The third-order valence-electron chi connectivity index (χ3n) is 3.62. The standard InChI is InChI=1S/C20H16Cl2N2O2S/c1-2-6-13(9-10-27-14-7-4-3-5-8-14)26-20-16(12-24)15(11-23)19(25)17(21)18(20)22/h3-5,7-10,13,25H,2,6H2,1H3/b10-9+. The number of aromatic hydroxyl groups is 1. The number of phenols is 1. The van der Waals surface area contributed by atoms with Gasteiger partial charge in [0.15, 0.2) is 11.5 Å². The number of phenolic OH excluding ortho intramolecular Hbond substituents is 1. The quantitative estimate of drug-likeness (QED) is 0.533. The Morgan fingerprint density at radius 3 is 2.41 bits per heavy atom. The van der Waals surface area contributed by atoms with Crippen LogP contribution in [0, 0.1) is 22.7 Å². The first-order valence-corrected chi connectivity index (χ1v) is 9.76. The van der Waals surface area contributed by atoms with Crippen LogP contribution in [0.2, 0.25) is 10.0 Å². The maximum Gasteiger partial charge on any atom is 0.159 e. The Bertz CT molecular complexity index is 919. The molecular weight excluding hydrogens is 403 g/mol. The van der Waals surface area contributed by atoms with E-state index in [1.165, 1.54) is 11.8 Å². The Kier molecular flexibility index (Phi) is 7.88. The first-order chi connectivity index (χ1) is 13.0. The average Bonchev–Trinajstić information content (AvgIpc) is 2.69. The molecule has 4 nitrogen and oxygen atoms in total. The van der Waals surface area contributed by atoms with Gasteiger partial charge in [-0.25, -0.2) is 0 Å². The molecule has 0 saturated heterocycles. The number of hydrogen-bond acceptors (Lipinski definition) is 5. The molecule has 0 saturated carbocycles. The van der Waals surface area contributed by atoms with E-state index in [9.17, 15) is 15.6 Å². The van der Waals surface area contributed by atoms with Crippen LogP contribution < -0.4 is 4.74 Å². The Hall–Kier alpha value is -2.31. The summed E-state index contributed by atoms with van der Waals surface area (Å²) in [6.07, 6.45) is 3.00. The van der Waals surface area contributed by atoms with Crippen LogP contribution in [0.15, 0.2) is 46.7 Å². The number of halogens is 2. The van der Waals surface area contributed by atoms with E-state index >= 15 is 0 Å². The molecule has 0 fully saturated rings. The molecule has 0 aliphatic carbocycles. The molecule has 1 unspecified atom stereocenters. The summed E-state index contributed by atoms with van der Waals surface area (Å²) >= 11 is 13.7. The first kappa shape index (κ1) is 21.0. The smallest absolute Gasteiger partial charge is 0.159 e. The minimum atomic E-state index is -0.518. The molecule has 0 amide bonds. The zero-order valence-electron chi connectivity index (χ0n) is 14.4. The Morgan fingerprint density at radius 1 is 1.15 bits per heavy atom. The number of nitrogens with zero attached hydrogens (tertiary/aromatic N) is 2. The van der Waals surface area contributed by atoms with Crippen LogP contribution in [0.1, 0.15) is 30.9 Å². The zero-order chi connectivity index (χ0) is 19.8. The van der Waals surface area contributed by atoms with Crippen molar-refractivity contribution in [3.8, 4) is 23.6 Å². The lowest BCUT2D eigenvalue weighted by molar-refractivity contribution is 0.237. The van der Waals surface area contributed by atoms with Crippen molar-refractivity contribution in [1.82, 2.24) is 0 Å². The highest BCUT2D eigenvalue weighted by atomic mass is 35.5. The van der Waals surface area contributed by atoms with E-state index in [0.29, 0.717) is 6.42 Å². The van der Waals surface area contributed by atoms with Gasteiger partial charge >= 0.3 is 0 Å². The average molecular weight is 419 g/mol. The molecule has 0 aliphatic rings. The summed E-state index contributed by atoms with van der Waals surface area (Å²) in [7, 11) is 0. The van der Waals surface area contributed by atoms with E-state index < -0.39 is 5.75 Å². The number of hydrogen-bond donors (Lipinski definition) is 1. The predicted octanol–water partition coefficient (Wildman–Crippen LogP) is 6.30. The molecule has 1 atom stereocenters. The molecule has 138 valence electrons. The Balaban J connectivity index is 2.32. The van der Waals surface area contributed by atoms with Crippen molar-refractivity contribution in [2.45, 2.75) is 30.8 Å². The van der Waals surface area contributed by atoms with Gasteiger partial charge in [-0.2, -0.15) is 10.5 Å². The van der Waals surface area contributed by atoms with Crippen LogP contribution in [0.25, 0.3) is 0 Å². The van der Waals surface area contributed by atoms with Crippen LogP contribution in [-0.4, -0.2) is 11.2 Å². The molecule has 0 radical (unpaired) electrons. The second-order valence-corrected chi connectivity index (χ2v) is 7.22. The molecular formula is C20H16Cl2N2O2S. The molecule has 7 heteroatoms. The molecule has 2 aromatic carbocycles. The van der Waals surface area contributed by atoms with Crippen LogP contribution in [0.3, 0.4) is 0 Å². The van der Waals surface area contributed by atoms with Crippen molar-refractivity contribution in [3.05, 3.63) is 63.0 Å². The van der Waals surface area contributed by atoms with Crippen molar-refractivity contribution in [3.63, 3.8) is 0 Å². The van der Waals surface area contributed by atoms with Gasteiger partial charge in [-0.1, -0.05) is 66.5 Å². The van der Waals surface area contributed by atoms with Gasteiger partial charge in [0.25, 0.3) is 0 Å². The minimum Gasteiger partial charge on any atom is -0.505 e. The monoisotopic (exact) mass is 418 g/mol.